The highest BCUT2D eigenvalue weighted by atomic mass is 19.4. The topological polar surface area (TPSA) is 85.1 Å². The zero-order valence-corrected chi connectivity index (χ0v) is 21.7. The number of nitrogens with zero attached hydrogens (tertiary/aromatic N) is 5. The van der Waals surface area contributed by atoms with Crippen molar-refractivity contribution in [1.29, 1.82) is 0 Å². The molecule has 0 saturated carbocycles. The van der Waals surface area contributed by atoms with Crippen LogP contribution in [0.25, 0.3) is 0 Å². The number of halogens is 3. The maximum atomic E-state index is 13.6. The molecule has 11 heteroatoms. The van der Waals surface area contributed by atoms with Crippen molar-refractivity contribution >= 4 is 11.7 Å². The molecule has 2 aliphatic heterocycles. The third-order valence-corrected chi connectivity index (χ3v) is 8.15. The molecule has 2 fully saturated rings. The van der Waals surface area contributed by atoms with E-state index < -0.39 is 18.0 Å². The number of alkyl halides is 3. The van der Waals surface area contributed by atoms with Crippen LogP contribution in [0.2, 0.25) is 0 Å². The first kappa shape index (κ1) is 27.4. The molecule has 2 aromatic rings. The molecule has 2 atom stereocenters. The number of amides is 1. The average molecular weight is 524 g/mol. The standard InChI is InChI=1S/C26H36F3N5O3/c1-17-5-6-18(2)34(17)22-15-20(26(27,28)29)8-7-19(22)16-31(4)25(3)10-13-32(14-11-25)24(37)33-12-9-21(30-33)23(35)36/h7-9,12,15,17-18,23,35-36H,5-6,10-11,13-14,16H2,1-4H3/t17-,18-/m0/s1. The van der Waals surface area contributed by atoms with E-state index in [4.69, 9.17) is 0 Å². The minimum atomic E-state index is -4.40. The molecule has 1 aromatic heterocycles. The Morgan fingerprint density at radius 1 is 1.16 bits per heavy atom. The van der Waals surface area contributed by atoms with Crippen LogP contribution in [0.15, 0.2) is 30.5 Å². The lowest BCUT2D eigenvalue weighted by Gasteiger charge is -2.45. The Hall–Kier alpha value is -2.63. The Labute approximate surface area is 215 Å². The van der Waals surface area contributed by atoms with Crippen molar-refractivity contribution < 1.29 is 28.2 Å². The molecule has 1 amide bonds. The van der Waals surface area contributed by atoms with Gasteiger partial charge in [0.1, 0.15) is 5.69 Å². The van der Waals surface area contributed by atoms with Crippen molar-refractivity contribution in [2.24, 2.45) is 0 Å². The van der Waals surface area contributed by atoms with Gasteiger partial charge in [0.05, 0.1) is 5.56 Å². The van der Waals surface area contributed by atoms with Crippen LogP contribution in [0.4, 0.5) is 23.7 Å². The van der Waals surface area contributed by atoms with Gasteiger partial charge in [0.2, 0.25) is 0 Å². The van der Waals surface area contributed by atoms with Crippen LogP contribution in [0.1, 0.15) is 69.6 Å². The first-order chi connectivity index (χ1) is 17.3. The lowest BCUT2D eigenvalue weighted by atomic mass is 9.87. The average Bonchev–Trinajstić information content (AvgIpc) is 3.46. The summed E-state index contributed by atoms with van der Waals surface area (Å²) in [5.74, 6) is 0. The van der Waals surface area contributed by atoms with Gasteiger partial charge in [0.15, 0.2) is 6.29 Å². The quantitative estimate of drug-likeness (QED) is 0.571. The Balaban J connectivity index is 1.49. The molecular formula is C26H36F3N5O3. The van der Waals surface area contributed by atoms with Gasteiger partial charge in [0.25, 0.3) is 0 Å². The van der Waals surface area contributed by atoms with Crippen molar-refractivity contribution in [1.82, 2.24) is 19.6 Å². The number of carbonyl (C=O) groups excluding carboxylic acids is 1. The molecule has 0 radical (unpaired) electrons. The molecule has 3 heterocycles. The van der Waals surface area contributed by atoms with Crippen molar-refractivity contribution in [3.63, 3.8) is 0 Å². The van der Waals surface area contributed by atoms with Crippen molar-refractivity contribution in [3.05, 3.63) is 47.3 Å². The van der Waals surface area contributed by atoms with Gasteiger partial charge in [-0.05, 0) is 77.3 Å². The monoisotopic (exact) mass is 523 g/mol. The zero-order chi connectivity index (χ0) is 27.1. The summed E-state index contributed by atoms with van der Waals surface area (Å²) in [6, 6.07) is 5.46. The second kappa shape index (κ2) is 10.3. The van der Waals surface area contributed by atoms with Crippen LogP contribution in [-0.2, 0) is 12.7 Å². The normalized spacial score (nSPS) is 22.4. The Kier molecular flexibility index (Phi) is 7.60. The second-order valence-corrected chi connectivity index (χ2v) is 10.7. The van der Waals surface area contributed by atoms with E-state index in [-0.39, 0.29) is 29.3 Å². The molecule has 37 heavy (non-hydrogen) atoms. The number of anilines is 1. The number of aromatic nitrogens is 2. The highest BCUT2D eigenvalue weighted by molar-refractivity contribution is 5.76. The Morgan fingerprint density at radius 3 is 2.32 bits per heavy atom. The van der Waals surface area contributed by atoms with E-state index >= 15 is 0 Å². The van der Waals surface area contributed by atoms with E-state index in [1.165, 1.54) is 24.4 Å². The maximum absolute atomic E-state index is 13.6. The minimum Gasteiger partial charge on any atom is -0.366 e. The van der Waals surface area contributed by atoms with Crippen molar-refractivity contribution in [3.8, 4) is 0 Å². The Bertz CT molecular complexity index is 1100. The summed E-state index contributed by atoms with van der Waals surface area (Å²) in [6.07, 6.45) is -1.48. The third kappa shape index (κ3) is 5.63. The Morgan fingerprint density at radius 2 is 1.78 bits per heavy atom. The summed E-state index contributed by atoms with van der Waals surface area (Å²) < 4.78 is 41.8. The lowest BCUT2D eigenvalue weighted by molar-refractivity contribution is -0.137. The fraction of sp³-hybridized carbons (Fsp3) is 0.615. The highest BCUT2D eigenvalue weighted by Gasteiger charge is 2.38. The number of hydrogen-bond acceptors (Lipinski definition) is 6. The van der Waals surface area contributed by atoms with Gasteiger partial charge in [0, 0.05) is 49.1 Å². The third-order valence-electron chi connectivity index (χ3n) is 8.15. The molecular weight excluding hydrogens is 487 g/mol. The first-order valence-electron chi connectivity index (χ1n) is 12.7. The zero-order valence-electron chi connectivity index (χ0n) is 21.7. The first-order valence-corrected chi connectivity index (χ1v) is 12.7. The van der Waals surface area contributed by atoms with Crippen LogP contribution in [0.3, 0.4) is 0 Å². The molecule has 2 saturated heterocycles. The van der Waals surface area contributed by atoms with Crippen molar-refractivity contribution in [2.75, 3.05) is 25.0 Å². The lowest BCUT2D eigenvalue weighted by Crippen LogP contribution is -2.53. The van der Waals surface area contributed by atoms with Gasteiger partial charge in [-0.25, -0.2) is 4.79 Å². The van der Waals surface area contributed by atoms with E-state index in [1.54, 1.807) is 11.0 Å². The summed E-state index contributed by atoms with van der Waals surface area (Å²) in [4.78, 5) is 18.8. The van der Waals surface area contributed by atoms with E-state index in [2.05, 4.69) is 35.7 Å². The van der Waals surface area contributed by atoms with Crippen LogP contribution < -0.4 is 4.90 Å². The van der Waals surface area contributed by atoms with Gasteiger partial charge < -0.3 is 20.0 Å². The fourth-order valence-corrected chi connectivity index (χ4v) is 5.52. The van der Waals surface area contributed by atoms with Crippen LogP contribution in [-0.4, -0.2) is 73.6 Å². The predicted octanol–water partition coefficient (Wildman–Crippen LogP) is 4.22. The van der Waals surface area contributed by atoms with E-state index in [0.29, 0.717) is 38.2 Å². The van der Waals surface area contributed by atoms with Gasteiger partial charge in [-0.15, -0.1) is 0 Å². The number of hydrogen-bond donors (Lipinski definition) is 2. The molecule has 1 aromatic carbocycles. The summed E-state index contributed by atoms with van der Waals surface area (Å²) in [5.41, 5.74) is 0.631. The van der Waals surface area contributed by atoms with E-state index in [9.17, 15) is 28.2 Å². The number of likely N-dealkylation sites (tertiary alicyclic amines) is 1. The van der Waals surface area contributed by atoms with Crippen LogP contribution in [0, 0.1) is 0 Å². The van der Waals surface area contributed by atoms with Crippen LogP contribution in [0.5, 0.6) is 0 Å². The summed E-state index contributed by atoms with van der Waals surface area (Å²) >= 11 is 0. The van der Waals surface area contributed by atoms with Gasteiger partial charge in [-0.1, -0.05) is 6.07 Å². The molecule has 0 spiro atoms. The number of benzene rings is 1. The molecule has 2 N–H and O–H groups in total. The number of aliphatic hydroxyl groups excluding tert-OH is 1. The van der Waals surface area contributed by atoms with Crippen LogP contribution >= 0.6 is 0 Å². The highest BCUT2D eigenvalue weighted by Crippen LogP contribution is 2.39. The smallest absolute Gasteiger partial charge is 0.366 e. The largest absolute Gasteiger partial charge is 0.416 e. The second-order valence-electron chi connectivity index (χ2n) is 10.7. The van der Waals surface area contributed by atoms with Gasteiger partial charge in [-0.2, -0.15) is 23.0 Å². The van der Waals surface area contributed by atoms with E-state index in [0.717, 1.165) is 23.1 Å². The molecule has 4 rings (SSSR count). The SMILES string of the molecule is C[C@H]1CC[C@H](C)N1c1cc(C(F)(F)F)ccc1CN(C)C1(C)CCN(C(=O)n2ccc(C(O)O)n2)CC1. The molecule has 204 valence electrons. The number of carbonyl (C=O) groups is 1. The maximum Gasteiger partial charge on any atom is 0.416 e. The molecule has 8 nitrogen and oxygen atoms in total. The summed E-state index contributed by atoms with van der Waals surface area (Å²) in [7, 11) is 1.98. The molecule has 0 unspecified atom stereocenters. The molecule has 0 aliphatic carbocycles. The minimum absolute atomic E-state index is 0.00363. The molecule has 2 aliphatic rings. The number of rotatable bonds is 5. The summed E-state index contributed by atoms with van der Waals surface area (Å²) in [5, 5.41) is 22.4. The summed E-state index contributed by atoms with van der Waals surface area (Å²) in [6.45, 7) is 7.70. The van der Waals surface area contributed by atoms with E-state index in [1.807, 2.05) is 7.05 Å². The van der Waals surface area contributed by atoms with Gasteiger partial charge in [-0.3, -0.25) is 4.90 Å². The fourth-order valence-electron chi connectivity index (χ4n) is 5.52. The predicted molar refractivity (Wildman–Crippen MR) is 133 cm³/mol. The number of aliphatic hydroxyl groups is 2. The number of piperidine rings is 1. The van der Waals surface area contributed by atoms with Crippen molar-refractivity contribution in [2.45, 2.75) is 83.1 Å². The van der Waals surface area contributed by atoms with Gasteiger partial charge >= 0.3 is 12.2 Å². The molecule has 0 bridgehead atoms.